The fourth-order valence-corrected chi connectivity index (χ4v) is 2.75. The maximum atomic E-state index is 3.52. The topological polar surface area (TPSA) is 12.0 Å². The summed E-state index contributed by atoms with van der Waals surface area (Å²) in [6, 6.07) is 0. The van der Waals surface area contributed by atoms with Crippen molar-refractivity contribution in [2.24, 2.45) is 5.92 Å². The van der Waals surface area contributed by atoms with Crippen LogP contribution in [-0.2, 0) is 0 Å². The first-order valence-corrected chi connectivity index (χ1v) is 7.21. The first-order chi connectivity index (χ1) is 8.47. The van der Waals surface area contributed by atoms with Gasteiger partial charge in [0.05, 0.1) is 0 Å². The van der Waals surface area contributed by atoms with Crippen molar-refractivity contribution in [2.45, 2.75) is 44.9 Å². The zero-order valence-electron chi connectivity index (χ0n) is 10.8. The molecule has 0 unspecified atom stereocenters. The van der Waals surface area contributed by atoms with E-state index in [1.807, 2.05) is 0 Å². The second-order valence-electron chi connectivity index (χ2n) is 5.17. The van der Waals surface area contributed by atoms with Gasteiger partial charge in [-0.25, -0.2) is 0 Å². The summed E-state index contributed by atoms with van der Waals surface area (Å²) in [5.41, 5.74) is 1.56. The molecule has 17 heavy (non-hydrogen) atoms. The van der Waals surface area contributed by atoms with Gasteiger partial charge in [-0.05, 0) is 56.7 Å². The van der Waals surface area contributed by atoms with Crippen molar-refractivity contribution in [3.8, 4) is 0 Å². The molecule has 1 N–H and O–H groups in total. The van der Waals surface area contributed by atoms with E-state index in [-0.39, 0.29) is 0 Å². The summed E-state index contributed by atoms with van der Waals surface area (Å²) in [5.74, 6) is 0.798. The SMILES string of the molecule is C1=CCC=CC(C2CCCCNCCCC2)=C1. The van der Waals surface area contributed by atoms with Gasteiger partial charge in [-0.1, -0.05) is 43.2 Å². The molecule has 0 atom stereocenters. The minimum Gasteiger partial charge on any atom is -0.317 e. The van der Waals surface area contributed by atoms with Gasteiger partial charge in [-0.15, -0.1) is 0 Å². The average molecular weight is 231 g/mol. The van der Waals surface area contributed by atoms with Crippen molar-refractivity contribution in [1.29, 1.82) is 0 Å². The monoisotopic (exact) mass is 231 g/mol. The van der Waals surface area contributed by atoms with Crippen LogP contribution < -0.4 is 5.32 Å². The van der Waals surface area contributed by atoms with Crippen molar-refractivity contribution >= 4 is 0 Å². The van der Waals surface area contributed by atoms with Crippen LogP contribution in [0, 0.1) is 5.92 Å². The van der Waals surface area contributed by atoms with Crippen molar-refractivity contribution in [2.75, 3.05) is 13.1 Å². The molecule has 0 bridgehead atoms. The van der Waals surface area contributed by atoms with Crippen LogP contribution in [0.1, 0.15) is 44.9 Å². The molecule has 0 saturated carbocycles. The van der Waals surface area contributed by atoms with E-state index >= 15 is 0 Å². The molecule has 0 aromatic carbocycles. The molecule has 94 valence electrons. The molecule has 1 nitrogen and oxygen atoms in total. The highest BCUT2D eigenvalue weighted by atomic mass is 14.8. The van der Waals surface area contributed by atoms with Gasteiger partial charge in [0.2, 0.25) is 0 Å². The lowest BCUT2D eigenvalue weighted by atomic mass is 9.87. The summed E-state index contributed by atoms with van der Waals surface area (Å²) in [6.45, 7) is 2.42. The molecule has 1 heteroatoms. The van der Waals surface area contributed by atoms with Crippen LogP contribution in [0.25, 0.3) is 0 Å². The first kappa shape index (κ1) is 12.6. The minimum absolute atomic E-state index is 0.798. The Morgan fingerprint density at radius 3 is 2.47 bits per heavy atom. The molecule has 0 radical (unpaired) electrons. The fraction of sp³-hybridized carbons (Fsp3) is 0.625. The molecular formula is C16H25N. The van der Waals surface area contributed by atoms with E-state index in [9.17, 15) is 0 Å². The van der Waals surface area contributed by atoms with Crippen molar-refractivity contribution < 1.29 is 0 Å². The van der Waals surface area contributed by atoms with E-state index in [0.29, 0.717) is 0 Å². The highest BCUT2D eigenvalue weighted by Gasteiger charge is 2.13. The molecule has 0 amide bonds. The Hall–Kier alpha value is -0.820. The molecule has 0 aromatic heterocycles. The third-order valence-electron chi connectivity index (χ3n) is 3.79. The number of hydrogen-bond donors (Lipinski definition) is 1. The highest BCUT2D eigenvalue weighted by Crippen LogP contribution is 2.26. The van der Waals surface area contributed by atoms with Crippen molar-refractivity contribution in [3.05, 3.63) is 36.0 Å². The molecule has 1 heterocycles. The van der Waals surface area contributed by atoms with Gasteiger partial charge in [0.1, 0.15) is 0 Å². The van der Waals surface area contributed by atoms with Crippen LogP contribution in [0.2, 0.25) is 0 Å². The summed E-state index contributed by atoms with van der Waals surface area (Å²) in [6.07, 6.45) is 20.7. The molecule has 1 saturated heterocycles. The van der Waals surface area contributed by atoms with E-state index in [1.54, 1.807) is 5.57 Å². The normalized spacial score (nSPS) is 24.1. The Balaban J connectivity index is 1.95. The van der Waals surface area contributed by atoms with Crippen molar-refractivity contribution in [1.82, 2.24) is 5.32 Å². The molecule has 2 rings (SSSR count). The summed E-state index contributed by atoms with van der Waals surface area (Å²) in [5, 5.41) is 3.52. The van der Waals surface area contributed by atoms with E-state index in [2.05, 4.69) is 35.7 Å². The lowest BCUT2D eigenvalue weighted by Gasteiger charge is -2.20. The Bertz CT molecular complexity index is 289. The zero-order valence-corrected chi connectivity index (χ0v) is 10.8. The quantitative estimate of drug-likeness (QED) is 0.719. The number of nitrogens with one attached hydrogen (secondary N) is 1. The molecule has 0 spiro atoms. The van der Waals surface area contributed by atoms with E-state index in [1.165, 1.54) is 51.6 Å². The Morgan fingerprint density at radius 1 is 0.941 bits per heavy atom. The van der Waals surface area contributed by atoms with Gasteiger partial charge in [0.15, 0.2) is 0 Å². The largest absolute Gasteiger partial charge is 0.317 e. The van der Waals surface area contributed by atoms with Crippen LogP contribution in [0.5, 0.6) is 0 Å². The van der Waals surface area contributed by atoms with Crippen molar-refractivity contribution in [3.63, 3.8) is 0 Å². The Kier molecular flexibility index (Phi) is 5.57. The summed E-state index contributed by atoms with van der Waals surface area (Å²) < 4.78 is 0. The number of rotatable bonds is 1. The number of allylic oxidation sites excluding steroid dienone is 6. The molecule has 1 aliphatic carbocycles. The van der Waals surface area contributed by atoms with Gasteiger partial charge < -0.3 is 5.32 Å². The fourth-order valence-electron chi connectivity index (χ4n) is 2.75. The number of hydrogen-bond acceptors (Lipinski definition) is 1. The summed E-state index contributed by atoms with van der Waals surface area (Å²) in [4.78, 5) is 0. The second kappa shape index (κ2) is 7.50. The lowest BCUT2D eigenvalue weighted by molar-refractivity contribution is 0.441. The average Bonchev–Trinajstić information content (AvgIpc) is 2.64. The van der Waals surface area contributed by atoms with Crippen LogP contribution in [-0.4, -0.2) is 13.1 Å². The Morgan fingerprint density at radius 2 is 1.71 bits per heavy atom. The summed E-state index contributed by atoms with van der Waals surface area (Å²) in [7, 11) is 0. The van der Waals surface area contributed by atoms with E-state index in [0.717, 1.165) is 12.3 Å². The molecule has 2 aliphatic rings. The third kappa shape index (κ3) is 4.51. The van der Waals surface area contributed by atoms with Crippen LogP contribution in [0.3, 0.4) is 0 Å². The van der Waals surface area contributed by atoms with Gasteiger partial charge in [0, 0.05) is 0 Å². The standard InChI is InChI=1S/C16H25N/c1-2-4-10-15(9-3-1)16-11-5-7-13-17-14-8-6-12-16/h1,3-4,9-10,16-17H,2,5-8,11-14H2. The van der Waals surface area contributed by atoms with Gasteiger partial charge >= 0.3 is 0 Å². The van der Waals surface area contributed by atoms with Gasteiger partial charge in [-0.3, -0.25) is 0 Å². The van der Waals surface area contributed by atoms with Crippen LogP contribution >= 0.6 is 0 Å². The molecule has 0 aromatic rings. The first-order valence-electron chi connectivity index (χ1n) is 7.21. The van der Waals surface area contributed by atoms with Gasteiger partial charge in [0.25, 0.3) is 0 Å². The van der Waals surface area contributed by atoms with Crippen LogP contribution in [0.15, 0.2) is 36.0 Å². The second-order valence-corrected chi connectivity index (χ2v) is 5.17. The third-order valence-corrected chi connectivity index (χ3v) is 3.79. The van der Waals surface area contributed by atoms with Crippen LogP contribution in [0.4, 0.5) is 0 Å². The zero-order chi connectivity index (χ0) is 11.8. The Labute approximate surface area is 106 Å². The lowest BCUT2D eigenvalue weighted by Crippen LogP contribution is -2.18. The smallest absolute Gasteiger partial charge is 0.00489 e. The van der Waals surface area contributed by atoms with E-state index < -0.39 is 0 Å². The molecule has 1 fully saturated rings. The summed E-state index contributed by atoms with van der Waals surface area (Å²) >= 11 is 0. The highest BCUT2D eigenvalue weighted by molar-refractivity contribution is 5.29. The molecular weight excluding hydrogens is 206 g/mol. The maximum absolute atomic E-state index is 3.52. The van der Waals surface area contributed by atoms with Gasteiger partial charge in [-0.2, -0.15) is 0 Å². The predicted molar refractivity (Wildman–Crippen MR) is 75.0 cm³/mol. The minimum atomic E-state index is 0.798. The van der Waals surface area contributed by atoms with E-state index in [4.69, 9.17) is 0 Å². The molecule has 1 aliphatic heterocycles. The maximum Gasteiger partial charge on any atom is -0.00489 e. The predicted octanol–water partition coefficient (Wildman–Crippen LogP) is 3.99.